The summed E-state index contributed by atoms with van der Waals surface area (Å²) >= 11 is 0. The highest BCUT2D eigenvalue weighted by Gasteiger charge is 2.12. The van der Waals surface area contributed by atoms with Gasteiger partial charge in [0.15, 0.2) is 5.65 Å². The molecule has 0 aliphatic heterocycles. The van der Waals surface area contributed by atoms with Crippen molar-refractivity contribution in [3.8, 4) is 0 Å². The summed E-state index contributed by atoms with van der Waals surface area (Å²) in [6, 6.07) is 0. The normalized spacial score (nSPS) is 13.4. The lowest BCUT2D eigenvalue weighted by molar-refractivity contribution is 0.201. The minimum Gasteiger partial charge on any atom is -0.397 e. The van der Waals surface area contributed by atoms with Crippen molar-refractivity contribution >= 4 is 11.3 Å². The Labute approximate surface area is 74.8 Å². The van der Waals surface area contributed by atoms with Crippen molar-refractivity contribution in [2.75, 3.05) is 5.73 Å². The van der Waals surface area contributed by atoms with E-state index in [4.69, 9.17) is 5.73 Å². The van der Waals surface area contributed by atoms with E-state index in [-0.39, 0.29) is 0 Å². The van der Waals surface area contributed by atoms with Crippen LogP contribution in [0, 0.1) is 0 Å². The van der Waals surface area contributed by atoms with Gasteiger partial charge in [-0.25, -0.2) is 9.50 Å². The number of nitrogens with zero attached hydrogens (tertiary/aromatic N) is 3. The van der Waals surface area contributed by atoms with E-state index >= 15 is 0 Å². The highest BCUT2D eigenvalue weighted by molar-refractivity contribution is 5.61. The molecule has 0 saturated carbocycles. The highest BCUT2D eigenvalue weighted by Crippen LogP contribution is 2.22. The first kappa shape index (κ1) is 8.00. The molecule has 0 aliphatic carbocycles. The molecule has 0 aliphatic rings. The number of nitrogens with two attached hydrogens (primary N) is 1. The molecule has 1 unspecified atom stereocenters. The van der Waals surface area contributed by atoms with Crippen molar-refractivity contribution in [3.63, 3.8) is 0 Å². The molecular weight excluding hydrogens is 168 g/mol. The maximum absolute atomic E-state index is 9.46. The second kappa shape index (κ2) is 2.70. The number of aliphatic hydroxyl groups excluding tert-OH is 1. The predicted octanol–water partition coefficient (Wildman–Crippen LogP) is 0.365. The Hall–Kier alpha value is -1.62. The zero-order valence-corrected chi connectivity index (χ0v) is 7.18. The molecule has 0 fully saturated rings. The van der Waals surface area contributed by atoms with E-state index in [1.807, 2.05) is 0 Å². The first-order chi connectivity index (χ1) is 6.20. The number of aliphatic hydroxyl groups is 1. The lowest BCUT2D eigenvalue weighted by Gasteiger charge is -2.08. The zero-order chi connectivity index (χ0) is 9.42. The van der Waals surface area contributed by atoms with Crippen LogP contribution in [0.3, 0.4) is 0 Å². The number of nitrogen functional groups attached to an aromatic ring is 1. The molecule has 68 valence electrons. The van der Waals surface area contributed by atoms with Crippen LogP contribution in [-0.2, 0) is 0 Å². The third-order valence-electron chi connectivity index (χ3n) is 1.91. The number of imidazole rings is 1. The molecule has 1 atom stereocenters. The molecule has 5 heteroatoms. The second-order valence-corrected chi connectivity index (χ2v) is 2.88. The quantitative estimate of drug-likeness (QED) is 0.661. The van der Waals surface area contributed by atoms with Crippen LogP contribution in [0.1, 0.15) is 18.6 Å². The van der Waals surface area contributed by atoms with Gasteiger partial charge in [0.25, 0.3) is 0 Å². The van der Waals surface area contributed by atoms with Gasteiger partial charge in [-0.2, -0.15) is 5.10 Å². The lowest BCUT2D eigenvalue weighted by atomic mass is 10.1. The largest absolute Gasteiger partial charge is 0.397 e. The van der Waals surface area contributed by atoms with Crippen LogP contribution in [0.15, 0.2) is 18.6 Å². The Balaban J connectivity index is 2.80. The first-order valence-electron chi connectivity index (χ1n) is 3.96. The van der Waals surface area contributed by atoms with Crippen molar-refractivity contribution in [1.29, 1.82) is 0 Å². The van der Waals surface area contributed by atoms with Crippen molar-refractivity contribution in [2.45, 2.75) is 13.0 Å². The summed E-state index contributed by atoms with van der Waals surface area (Å²) in [7, 11) is 0. The van der Waals surface area contributed by atoms with Crippen LogP contribution in [0.25, 0.3) is 5.65 Å². The maximum atomic E-state index is 9.46. The fourth-order valence-corrected chi connectivity index (χ4v) is 1.33. The van der Waals surface area contributed by atoms with Crippen molar-refractivity contribution in [2.24, 2.45) is 0 Å². The smallest absolute Gasteiger partial charge is 0.161 e. The molecule has 5 nitrogen and oxygen atoms in total. The summed E-state index contributed by atoms with van der Waals surface area (Å²) in [6.07, 6.45) is 4.21. The maximum Gasteiger partial charge on any atom is 0.161 e. The molecule has 0 bridgehead atoms. The number of aromatic nitrogens is 3. The van der Waals surface area contributed by atoms with Gasteiger partial charge in [0, 0.05) is 18.0 Å². The Morgan fingerprint density at radius 1 is 1.62 bits per heavy atom. The minimum atomic E-state index is -0.632. The van der Waals surface area contributed by atoms with E-state index in [0.29, 0.717) is 16.9 Å². The van der Waals surface area contributed by atoms with Crippen LogP contribution in [0.4, 0.5) is 5.69 Å². The van der Waals surface area contributed by atoms with Crippen molar-refractivity contribution < 1.29 is 5.11 Å². The minimum absolute atomic E-state index is 0.466. The summed E-state index contributed by atoms with van der Waals surface area (Å²) in [5.41, 5.74) is 7.37. The van der Waals surface area contributed by atoms with Crippen molar-refractivity contribution in [1.82, 2.24) is 14.6 Å². The monoisotopic (exact) mass is 178 g/mol. The van der Waals surface area contributed by atoms with Gasteiger partial charge < -0.3 is 10.8 Å². The number of hydrogen-bond acceptors (Lipinski definition) is 4. The summed E-state index contributed by atoms with van der Waals surface area (Å²) in [5, 5.41) is 13.5. The number of hydrogen-bond donors (Lipinski definition) is 2. The standard InChI is InChI=1S/C8H10N4O/c1-5(13)7-6(9)4-11-12-3-2-10-8(7)12/h2-5,13H,9H2,1H3. The Morgan fingerprint density at radius 3 is 3.08 bits per heavy atom. The van der Waals surface area contributed by atoms with Gasteiger partial charge in [-0.05, 0) is 6.92 Å². The molecule has 0 radical (unpaired) electrons. The van der Waals surface area contributed by atoms with Crippen LogP contribution >= 0.6 is 0 Å². The number of fused-ring (bicyclic) bond motifs is 1. The fraction of sp³-hybridized carbons (Fsp3) is 0.250. The third-order valence-corrected chi connectivity index (χ3v) is 1.91. The molecule has 0 saturated heterocycles. The summed E-state index contributed by atoms with van der Waals surface area (Å²) < 4.78 is 1.58. The van der Waals surface area contributed by atoms with E-state index < -0.39 is 6.10 Å². The average molecular weight is 178 g/mol. The Morgan fingerprint density at radius 2 is 2.38 bits per heavy atom. The first-order valence-corrected chi connectivity index (χ1v) is 3.96. The molecule has 2 aromatic rings. The molecule has 2 heterocycles. The molecule has 0 amide bonds. The van der Waals surface area contributed by atoms with Gasteiger partial charge in [-0.15, -0.1) is 0 Å². The van der Waals surface area contributed by atoms with Crippen LogP contribution in [-0.4, -0.2) is 19.7 Å². The van der Waals surface area contributed by atoms with E-state index in [0.717, 1.165) is 0 Å². The van der Waals surface area contributed by atoms with Gasteiger partial charge in [-0.3, -0.25) is 0 Å². The van der Waals surface area contributed by atoms with Gasteiger partial charge in [0.05, 0.1) is 18.0 Å². The van der Waals surface area contributed by atoms with Gasteiger partial charge in [0.2, 0.25) is 0 Å². The van der Waals surface area contributed by atoms with E-state index in [9.17, 15) is 5.11 Å². The molecule has 2 aromatic heterocycles. The number of anilines is 1. The third kappa shape index (κ3) is 1.13. The van der Waals surface area contributed by atoms with Crippen LogP contribution in [0.2, 0.25) is 0 Å². The summed E-state index contributed by atoms with van der Waals surface area (Å²) in [5.74, 6) is 0. The summed E-state index contributed by atoms with van der Waals surface area (Å²) in [6.45, 7) is 1.65. The van der Waals surface area contributed by atoms with Crippen molar-refractivity contribution in [3.05, 3.63) is 24.2 Å². The summed E-state index contributed by atoms with van der Waals surface area (Å²) in [4.78, 5) is 4.06. The van der Waals surface area contributed by atoms with Gasteiger partial charge >= 0.3 is 0 Å². The molecule has 3 N–H and O–H groups in total. The van der Waals surface area contributed by atoms with Crippen LogP contribution in [0.5, 0.6) is 0 Å². The highest BCUT2D eigenvalue weighted by atomic mass is 16.3. The average Bonchev–Trinajstić information content (AvgIpc) is 2.50. The molecule has 13 heavy (non-hydrogen) atoms. The lowest BCUT2D eigenvalue weighted by Crippen LogP contribution is -2.04. The molecule has 0 spiro atoms. The fourth-order valence-electron chi connectivity index (χ4n) is 1.33. The van der Waals surface area contributed by atoms with E-state index in [1.165, 1.54) is 6.20 Å². The Kier molecular flexibility index (Phi) is 1.66. The topological polar surface area (TPSA) is 76.4 Å². The zero-order valence-electron chi connectivity index (χ0n) is 7.18. The molecular formula is C8H10N4O. The van der Waals surface area contributed by atoms with E-state index in [1.54, 1.807) is 23.8 Å². The van der Waals surface area contributed by atoms with Gasteiger partial charge in [0.1, 0.15) is 0 Å². The van der Waals surface area contributed by atoms with E-state index in [2.05, 4.69) is 10.1 Å². The van der Waals surface area contributed by atoms with Crippen LogP contribution < -0.4 is 5.73 Å². The SMILES string of the molecule is CC(O)c1c(N)cnn2ccnc12. The number of rotatable bonds is 1. The van der Waals surface area contributed by atoms with Gasteiger partial charge in [-0.1, -0.05) is 0 Å². The predicted molar refractivity (Wildman–Crippen MR) is 48.0 cm³/mol. The Bertz CT molecular complexity index is 435. The second-order valence-electron chi connectivity index (χ2n) is 2.88. The molecule has 0 aromatic carbocycles. The molecule has 2 rings (SSSR count).